The number of piperazine rings is 2. The van der Waals surface area contributed by atoms with Crippen LogP contribution in [0.4, 0.5) is 0 Å². The lowest BCUT2D eigenvalue weighted by molar-refractivity contribution is 0.181. The Hall–Kier alpha value is -0.320. The van der Waals surface area contributed by atoms with Gasteiger partial charge in [-0.05, 0) is 121 Å². The van der Waals surface area contributed by atoms with Crippen molar-refractivity contribution in [2.24, 2.45) is 0 Å². The highest BCUT2D eigenvalue weighted by Gasteiger charge is 2.08. The standard InChI is InChI=1S/C7H16N2.C6H14N2.C6H13N.C5H12N2.C5H11N.3C2H6.CH4/c1-8-4-3-5-9(2)7-6-8;1-7-3-5-8(2)6-4-7;1-7-5-3-2-4-6-7;1-7-4-2-6-3-5-7;1-6-4-2-3-5-6;3*1-2;/h3-7H2,1-2H3;3-6H2,1-2H3;2-6H2,1H3;6H,2-5H2,1H3;2-5H2,1H3;3*1-2H3;1H4. The lowest BCUT2D eigenvalue weighted by atomic mass is 10.1. The molecule has 0 spiro atoms. The normalized spacial score (nSPS) is 22.0. The summed E-state index contributed by atoms with van der Waals surface area (Å²) in [6.07, 6.45) is 8.43. The van der Waals surface area contributed by atoms with Crippen molar-refractivity contribution in [3.63, 3.8) is 0 Å². The molecule has 0 bridgehead atoms. The number of rotatable bonds is 0. The number of nitrogens with one attached hydrogen (secondary N) is 1. The third-order valence-corrected chi connectivity index (χ3v) is 7.92. The minimum absolute atomic E-state index is 0. The van der Waals surface area contributed by atoms with Crippen LogP contribution in [0.25, 0.3) is 0 Å². The van der Waals surface area contributed by atoms with Gasteiger partial charge in [-0.1, -0.05) is 55.4 Å². The molecule has 5 saturated heterocycles. The van der Waals surface area contributed by atoms with E-state index in [9.17, 15) is 0 Å². The van der Waals surface area contributed by atoms with Gasteiger partial charge in [0.2, 0.25) is 0 Å². The Morgan fingerprint density at radius 1 is 0.273 bits per heavy atom. The molecule has 272 valence electrons. The van der Waals surface area contributed by atoms with Gasteiger partial charge in [-0.15, -0.1) is 0 Å². The molecule has 8 heteroatoms. The van der Waals surface area contributed by atoms with Gasteiger partial charge in [0.1, 0.15) is 0 Å². The molecule has 0 radical (unpaired) electrons. The first-order valence-electron chi connectivity index (χ1n) is 18.3. The van der Waals surface area contributed by atoms with E-state index in [1.165, 1.54) is 130 Å². The molecule has 0 aromatic heterocycles. The van der Waals surface area contributed by atoms with Gasteiger partial charge in [0, 0.05) is 65.4 Å². The second kappa shape index (κ2) is 38.9. The smallest absolute Gasteiger partial charge is 0.0107 e. The van der Waals surface area contributed by atoms with Crippen LogP contribution in [0.1, 0.15) is 87.5 Å². The summed E-state index contributed by atoms with van der Waals surface area (Å²) in [5.41, 5.74) is 0. The zero-order valence-corrected chi connectivity index (χ0v) is 32.2. The van der Waals surface area contributed by atoms with Crippen LogP contribution < -0.4 is 5.32 Å². The van der Waals surface area contributed by atoms with Crippen molar-refractivity contribution < 1.29 is 0 Å². The van der Waals surface area contributed by atoms with Gasteiger partial charge < -0.3 is 39.6 Å². The third-order valence-electron chi connectivity index (χ3n) is 7.92. The highest BCUT2D eigenvalue weighted by atomic mass is 15.2. The Bertz CT molecular complexity index is 449. The molecule has 44 heavy (non-hydrogen) atoms. The molecule has 5 aliphatic rings. The number of hydrogen-bond acceptors (Lipinski definition) is 8. The van der Waals surface area contributed by atoms with Gasteiger partial charge in [-0.3, -0.25) is 0 Å². The fraction of sp³-hybridized carbons (Fsp3) is 1.00. The van der Waals surface area contributed by atoms with Gasteiger partial charge in [0.25, 0.3) is 0 Å². The average Bonchev–Trinajstić information content (AvgIpc) is 3.45. The molecule has 5 fully saturated rings. The molecule has 8 nitrogen and oxygen atoms in total. The predicted molar refractivity (Wildman–Crippen MR) is 204 cm³/mol. The summed E-state index contributed by atoms with van der Waals surface area (Å²) >= 11 is 0. The summed E-state index contributed by atoms with van der Waals surface area (Å²) in [6.45, 7) is 32.0. The molecule has 0 aromatic rings. The maximum Gasteiger partial charge on any atom is 0.0107 e. The molecule has 0 aliphatic carbocycles. The van der Waals surface area contributed by atoms with Gasteiger partial charge in [0.05, 0.1) is 0 Å². The van der Waals surface area contributed by atoms with E-state index in [0.29, 0.717) is 0 Å². The van der Waals surface area contributed by atoms with Gasteiger partial charge in [0.15, 0.2) is 0 Å². The summed E-state index contributed by atoms with van der Waals surface area (Å²) in [7, 11) is 15.3. The van der Waals surface area contributed by atoms with Gasteiger partial charge >= 0.3 is 0 Å². The third kappa shape index (κ3) is 36.2. The van der Waals surface area contributed by atoms with E-state index in [1.807, 2.05) is 41.5 Å². The zero-order valence-electron chi connectivity index (χ0n) is 32.2. The number of likely N-dealkylation sites (N-methyl/N-ethyl adjacent to an activating group) is 5. The van der Waals surface area contributed by atoms with Crippen LogP contribution in [0.15, 0.2) is 0 Å². The Balaban J connectivity index is -0.000000217. The Morgan fingerprint density at radius 2 is 0.477 bits per heavy atom. The Morgan fingerprint density at radius 3 is 0.682 bits per heavy atom. The lowest BCUT2D eigenvalue weighted by Crippen LogP contribution is -2.42. The van der Waals surface area contributed by atoms with E-state index in [4.69, 9.17) is 0 Å². The average molecular weight is 633 g/mol. The van der Waals surface area contributed by atoms with Crippen LogP contribution in [0.2, 0.25) is 0 Å². The summed E-state index contributed by atoms with van der Waals surface area (Å²) in [5, 5.41) is 3.27. The molecule has 5 aliphatic heterocycles. The van der Waals surface area contributed by atoms with Crippen LogP contribution >= 0.6 is 0 Å². The molecule has 0 amide bonds. The van der Waals surface area contributed by atoms with Crippen LogP contribution in [0.5, 0.6) is 0 Å². The Kier molecular flexibility index (Phi) is 44.6. The maximum absolute atomic E-state index is 3.27. The molecule has 0 atom stereocenters. The van der Waals surface area contributed by atoms with E-state index < -0.39 is 0 Å². The first-order valence-corrected chi connectivity index (χ1v) is 18.3. The van der Waals surface area contributed by atoms with Crippen LogP contribution in [-0.4, -0.2) is 188 Å². The number of likely N-dealkylation sites (tertiary alicyclic amines) is 2. The van der Waals surface area contributed by atoms with Crippen LogP contribution in [0, 0.1) is 0 Å². The van der Waals surface area contributed by atoms with E-state index in [2.05, 4.69) is 88.9 Å². The highest BCUT2D eigenvalue weighted by molar-refractivity contribution is 4.65. The van der Waals surface area contributed by atoms with E-state index in [1.54, 1.807) is 0 Å². The molecular formula is C36H88N8. The monoisotopic (exact) mass is 633 g/mol. The van der Waals surface area contributed by atoms with Crippen LogP contribution in [0.3, 0.4) is 0 Å². The van der Waals surface area contributed by atoms with Crippen molar-refractivity contribution in [2.45, 2.75) is 87.5 Å². The minimum Gasteiger partial charge on any atom is -0.314 e. The number of nitrogens with zero attached hydrogens (tertiary/aromatic N) is 7. The summed E-state index contributed by atoms with van der Waals surface area (Å²) < 4.78 is 0. The van der Waals surface area contributed by atoms with Crippen molar-refractivity contribution in [3.8, 4) is 0 Å². The Labute approximate surface area is 280 Å². The summed E-state index contributed by atoms with van der Waals surface area (Å²) in [6, 6.07) is 0. The molecule has 0 unspecified atom stereocenters. The quantitative estimate of drug-likeness (QED) is 0.392. The van der Waals surface area contributed by atoms with Crippen molar-refractivity contribution in [1.82, 2.24) is 39.6 Å². The second-order valence-corrected chi connectivity index (χ2v) is 12.0. The molecule has 1 N–H and O–H groups in total. The molecule has 5 rings (SSSR count). The topological polar surface area (TPSA) is 34.7 Å². The van der Waals surface area contributed by atoms with E-state index in [-0.39, 0.29) is 7.43 Å². The number of hydrogen-bond donors (Lipinski definition) is 1. The molecule has 5 heterocycles. The SMILES string of the molecule is C.CC.CC.CC.CN1CCCC1.CN1CCCCC1.CN1CCCN(C)CC1.CN1CCN(C)CC1.CN1CCNCC1. The lowest BCUT2D eigenvalue weighted by Gasteiger charge is -2.28. The maximum atomic E-state index is 3.27. The first kappa shape index (κ1) is 50.5. The molecular weight excluding hydrogens is 544 g/mol. The summed E-state index contributed by atoms with van der Waals surface area (Å²) in [4.78, 5) is 16.6. The second-order valence-electron chi connectivity index (χ2n) is 12.0. The minimum atomic E-state index is 0. The van der Waals surface area contributed by atoms with Crippen molar-refractivity contribution in [1.29, 1.82) is 0 Å². The molecule has 0 aromatic carbocycles. The molecule has 0 saturated carbocycles. The van der Waals surface area contributed by atoms with Gasteiger partial charge in [-0.25, -0.2) is 0 Å². The van der Waals surface area contributed by atoms with E-state index >= 15 is 0 Å². The van der Waals surface area contributed by atoms with Crippen LogP contribution in [-0.2, 0) is 0 Å². The first-order chi connectivity index (χ1) is 20.8. The van der Waals surface area contributed by atoms with Crippen molar-refractivity contribution >= 4 is 0 Å². The largest absolute Gasteiger partial charge is 0.314 e. The zero-order chi connectivity index (χ0) is 33.3. The fourth-order valence-electron chi connectivity index (χ4n) is 4.79. The van der Waals surface area contributed by atoms with Gasteiger partial charge in [-0.2, -0.15) is 0 Å². The van der Waals surface area contributed by atoms with Crippen molar-refractivity contribution in [3.05, 3.63) is 0 Å². The fourth-order valence-corrected chi connectivity index (χ4v) is 4.79. The number of piperidine rings is 1. The predicted octanol–water partition coefficient (Wildman–Crippen LogP) is 5.17. The van der Waals surface area contributed by atoms with E-state index in [0.717, 1.165) is 13.1 Å². The van der Waals surface area contributed by atoms with Crippen molar-refractivity contribution in [2.75, 3.05) is 154 Å². The highest BCUT2D eigenvalue weighted by Crippen LogP contribution is 2.04. The summed E-state index contributed by atoms with van der Waals surface area (Å²) in [5.74, 6) is 0.